The lowest BCUT2D eigenvalue weighted by atomic mass is 10.1. The Morgan fingerprint density at radius 1 is 0.941 bits per heavy atom. The van der Waals surface area contributed by atoms with Crippen LogP contribution in [0.3, 0.4) is 0 Å². The minimum Gasteiger partial charge on any atom is -0.472 e. The van der Waals surface area contributed by atoms with Crippen molar-refractivity contribution in [3.05, 3.63) is 118 Å². The van der Waals surface area contributed by atoms with Crippen molar-refractivity contribution >= 4 is 17.4 Å². The maximum atomic E-state index is 13.3. The molecule has 0 unspecified atom stereocenters. The summed E-state index contributed by atoms with van der Waals surface area (Å²) in [6, 6.07) is 21.7. The van der Waals surface area contributed by atoms with E-state index in [1.54, 1.807) is 60.7 Å². The third-order valence-electron chi connectivity index (χ3n) is 4.97. The number of halogens is 1. The highest BCUT2D eigenvalue weighted by molar-refractivity contribution is 6.04. The first-order valence-electron chi connectivity index (χ1n) is 10.4. The Kier molecular flexibility index (Phi) is 6.59. The Hall–Kier alpha value is -4.59. The van der Waals surface area contributed by atoms with Crippen molar-refractivity contribution in [3.8, 4) is 11.6 Å². The maximum Gasteiger partial charge on any atom is 0.271 e. The van der Waals surface area contributed by atoms with Gasteiger partial charge in [0.05, 0.1) is 5.69 Å². The molecule has 1 aromatic heterocycles. The third-order valence-corrected chi connectivity index (χ3v) is 4.97. The Labute approximate surface area is 194 Å². The van der Waals surface area contributed by atoms with Crippen molar-refractivity contribution in [2.75, 3.05) is 5.32 Å². The van der Waals surface area contributed by atoms with Gasteiger partial charge in [-0.1, -0.05) is 12.1 Å². The fraction of sp³-hybridized carbons (Fsp3) is 0.0769. The topological polar surface area (TPSA) is 90.3 Å². The van der Waals surface area contributed by atoms with E-state index in [4.69, 9.17) is 4.74 Å². The summed E-state index contributed by atoms with van der Waals surface area (Å²) >= 11 is 0. The molecule has 4 aromatic rings. The molecule has 7 nitrogen and oxygen atoms in total. The minimum atomic E-state index is -0.374. The zero-order chi connectivity index (χ0) is 24.1. The highest BCUT2D eigenvalue weighted by Gasteiger charge is 2.09. The highest BCUT2D eigenvalue weighted by Crippen LogP contribution is 2.15. The molecule has 0 aliphatic rings. The summed E-state index contributed by atoms with van der Waals surface area (Å²) in [5.41, 5.74) is 2.20. The Morgan fingerprint density at radius 2 is 1.65 bits per heavy atom. The Morgan fingerprint density at radius 3 is 2.32 bits per heavy atom. The monoisotopic (exact) mass is 457 g/mol. The standard InChI is InChI=1S/C26H20FN3O4/c1-17(31)19-5-9-22(10-6-19)28-26(33)20-7-11-23(12-8-20)30-25(32)14-13-24(29-30)34-16-18-3-2-4-21(27)15-18/h2-15H,16H2,1H3,(H,28,33). The van der Waals surface area contributed by atoms with E-state index in [1.807, 2.05) is 0 Å². The molecule has 0 aliphatic carbocycles. The molecule has 0 atom stereocenters. The van der Waals surface area contributed by atoms with Crippen LogP contribution in [0.1, 0.15) is 33.2 Å². The summed E-state index contributed by atoms with van der Waals surface area (Å²) in [5.74, 6) is -0.564. The molecule has 1 amide bonds. The molecule has 1 heterocycles. The van der Waals surface area contributed by atoms with Crippen molar-refractivity contribution < 1.29 is 18.7 Å². The summed E-state index contributed by atoms with van der Waals surface area (Å²) in [7, 11) is 0. The Balaban J connectivity index is 1.46. The molecule has 0 saturated heterocycles. The van der Waals surface area contributed by atoms with E-state index in [2.05, 4.69) is 10.4 Å². The smallest absolute Gasteiger partial charge is 0.271 e. The molecule has 0 saturated carbocycles. The van der Waals surface area contributed by atoms with E-state index in [0.29, 0.717) is 28.1 Å². The summed E-state index contributed by atoms with van der Waals surface area (Å²) < 4.78 is 20.1. The van der Waals surface area contributed by atoms with Gasteiger partial charge in [0.1, 0.15) is 12.4 Å². The van der Waals surface area contributed by atoms with E-state index in [9.17, 15) is 18.8 Å². The molecule has 8 heteroatoms. The molecule has 0 bridgehead atoms. The van der Waals surface area contributed by atoms with Gasteiger partial charge in [-0.05, 0) is 73.2 Å². The second-order valence-corrected chi connectivity index (χ2v) is 7.47. The predicted molar refractivity (Wildman–Crippen MR) is 125 cm³/mol. The lowest BCUT2D eigenvalue weighted by Gasteiger charge is -2.10. The number of hydrogen-bond acceptors (Lipinski definition) is 5. The van der Waals surface area contributed by atoms with Gasteiger partial charge in [0, 0.05) is 28.9 Å². The van der Waals surface area contributed by atoms with Gasteiger partial charge in [0.25, 0.3) is 11.5 Å². The molecule has 0 spiro atoms. The van der Waals surface area contributed by atoms with Gasteiger partial charge in [0.2, 0.25) is 5.88 Å². The fourth-order valence-corrected chi connectivity index (χ4v) is 3.19. The van der Waals surface area contributed by atoms with Gasteiger partial charge in [-0.3, -0.25) is 14.4 Å². The normalized spacial score (nSPS) is 10.5. The molecule has 1 N–H and O–H groups in total. The number of amides is 1. The van der Waals surface area contributed by atoms with Gasteiger partial charge < -0.3 is 10.1 Å². The number of benzene rings is 3. The molecular weight excluding hydrogens is 437 g/mol. The number of carbonyl (C=O) groups is 2. The maximum absolute atomic E-state index is 13.3. The number of Topliss-reactive ketones (excluding diaryl/α,β-unsaturated/α-hetero) is 1. The molecule has 0 radical (unpaired) electrons. The summed E-state index contributed by atoms with van der Waals surface area (Å²) in [6.45, 7) is 1.57. The van der Waals surface area contributed by atoms with Gasteiger partial charge in [-0.15, -0.1) is 5.10 Å². The molecule has 4 rings (SSSR count). The summed E-state index contributed by atoms with van der Waals surface area (Å²) in [6.07, 6.45) is 0. The second kappa shape index (κ2) is 9.91. The van der Waals surface area contributed by atoms with Crippen LogP contribution < -0.4 is 15.6 Å². The fourth-order valence-electron chi connectivity index (χ4n) is 3.19. The zero-order valence-corrected chi connectivity index (χ0v) is 18.2. The van der Waals surface area contributed by atoms with Crippen LogP contribution in [0.4, 0.5) is 10.1 Å². The number of anilines is 1. The van der Waals surface area contributed by atoms with Crippen LogP contribution in [0, 0.1) is 5.82 Å². The summed E-state index contributed by atoms with van der Waals surface area (Å²) in [4.78, 5) is 36.2. The molecular formula is C26H20FN3O4. The molecule has 3 aromatic carbocycles. The SMILES string of the molecule is CC(=O)c1ccc(NC(=O)c2ccc(-n3nc(OCc4cccc(F)c4)ccc3=O)cc2)cc1. The predicted octanol–water partition coefficient (Wildman–Crippen LogP) is 4.41. The van der Waals surface area contributed by atoms with Crippen molar-refractivity contribution in [3.63, 3.8) is 0 Å². The highest BCUT2D eigenvalue weighted by atomic mass is 19.1. The minimum absolute atomic E-state index is 0.0549. The molecule has 34 heavy (non-hydrogen) atoms. The van der Waals surface area contributed by atoms with Crippen LogP contribution in [0.5, 0.6) is 5.88 Å². The average Bonchev–Trinajstić information content (AvgIpc) is 2.84. The lowest BCUT2D eigenvalue weighted by Crippen LogP contribution is -2.20. The number of hydrogen-bond donors (Lipinski definition) is 1. The molecule has 170 valence electrons. The number of ether oxygens (including phenoxy) is 1. The van der Waals surface area contributed by atoms with Crippen LogP contribution in [-0.2, 0) is 6.61 Å². The Bertz CT molecular complexity index is 1400. The van der Waals surface area contributed by atoms with Crippen molar-refractivity contribution in [2.45, 2.75) is 13.5 Å². The zero-order valence-electron chi connectivity index (χ0n) is 18.2. The number of nitrogens with zero attached hydrogens (tertiary/aromatic N) is 2. The van der Waals surface area contributed by atoms with Crippen molar-refractivity contribution in [2.24, 2.45) is 0 Å². The number of aromatic nitrogens is 2. The first-order valence-corrected chi connectivity index (χ1v) is 10.4. The van der Waals surface area contributed by atoms with Crippen LogP contribution in [0.15, 0.2) is 89.7 Å². The lowest BCUT2D eigenvalue weighted by molar-refractivity contribution is 0.101. The van der Waals surface area contributed by atoms with E-state index < -0.39 is 0 Å². The summed E-state index contributed by atoms with van der Waals surface area (Å²) in [5, 5.41) is 6.96. The van der Waals surface area contributed by atoms with Crippen molar-refractivity contribution in [1.82, 2.24) is 9.78 Å². The van der Waals surface area contributed by atoms with Crippen LogP contribution in [0.2, 0.25) is 0 Å². The van der Waals surface area contributed by atoms with Crippen LogP contribution in [0.25, 0.3) is 5.69 Å². The van der Waals surface area contributed by atoms with E-state index in [-0.39, 0.29) is 35.6 Å². The number of rotatable bonds is 7. The second-order valence-electron chi connectivity index (χ2n) is 7.47. The van der Waals surface area contributed by atoms with Gasteiger partial charge in [-0.2, -0.15) is 4.68 Å². The van der Waals surface area contributed by atoms with Crippen molar-refractivity contribution in [1.29, 1.82) is 0 Å². The first kappa shape index (κ1) is 22.6. The van der Waals surface area contributed by atoms with E-state index in [0.717, 1.165) is 4.68 Å². The van der Waals surface area contributed by atoms with Gasteiger partial charge in [-0.25, -0.2) is 4.39 Å². The quantitative estimate of drug-likeness (QED) is 0.415. The van der Waals surface area contributed by atoms with Gasteiger partial charge >= 0.3 is 0 Å². The largest absolute Gasteiger partial charge is 0.472 e. The average molecular weight is 457 g/mol. The van der Waals surface area contributed by atoms with Gasteiger partial charge in [0.15, 0.2) is 5.78 Å². The van der Waals surface area contributed by atoms with E-state index in [1.165, 1.54) is 31.2 Å². The van der Waals surface area contributed by atoms with Crippen LogP contribution in [-0.4, -0.2) is 21.5 Å². The number of ketones is 1. The first-order chi connectivity index (χ1) is 16.4. The van der Waals surface area contributed by atoms with E-state index >= 15 is 0 Å². The molecule has 0 aliphatic heterocycles. The number of nitrogens with one attached hydrogen (secondary N) is 1. The third kappa shape index (κ3) is 5.42. The molecule has 0 fully saturated rings. The number of carbonyl (C=O) groups excluding carboxylic acids is 2. The van der Waals surface area contributed by atoms with Crippen LogP contribution >= 0.6 is 0 Å².